The summed E-state index contributed by atoms with van der Waals surface area (Å²) in [6.45, 7) is 3.59. The second kappa shape index (κ2) is 5.04. The van der Waals surface area contributed by atoms with E-state index in [0.29, 0.717) is 23.8 Å². The average Bonchev–Trinajstić information content (AvgIpc) is 3.10. The molecule has 0 saturated heterocycles. The molecule has 0 fully saturated rings. The normalized spacial score (nSPS) is 23.6. The van der Waals surface area contributed by atoms with E-state index < -0.39 is 0 Å². The minimum absolute atomic E-state index is 0.156. The molecule has 0 aliphatic carbocycles. The van der Waals surface area contributed by atoms with Crippen LogP contribution in [0.1, 0.15) is 44.1 Å². The van der Waals surface area contributed by atoms with E-state index in [2.05, 4.69) is 18.4 Å². The zero-order valence-electron chi connectivity index (χ0n) is 12.3. The number of rotatable bonds is 2. The summed E-state index contributed by atoms with van der Waals surface area (Å²) >= 11 is 1.80. The van der Waals surface area contributed by atoms with Crippen molar-refractivity contribution >= 4 is 23.2 Å². The molecule has 1 N–H and O–H groups in total. The third-order valence-electron chi connectivity index (χ3n) is 4.77. The monoisotopic (exact) mass is 313 g/mol. The molecule has 0 bridgehead atoms. The van der Waals surface area contributed by atoms with Crippen LogP contribution >= 0.6 is 11.3 Å². The highest BCUT2D eigenvalue weighted by Crippen LogP contribution is 2.25. The number of amides is 2. The molecular weight excluding hydrogens is 296 g/mol. The second-order valence-corrected chi connectivity index (χ2v) is 6.92. The van der Waals surface area contributed by atoms with E-state index in [1.165, 1.54) is 20.2 Å². The molecule has 4 nitrogen and oxygen atoms in total. The van der Waals surface area contributed by atoms with Crippen LogP contribution in [-0.2, 0) is 6.42 Å². The summed E-state index contributed by atoms with van der Waals surface area (Å²) in [5.41, 5.74) is 2.43. The molecule has 0 saturated carbocycles. The molecular formula is C17H17N2O2S+. The molecule has 2 amide bonds. The highest BCUT2D eigenvalue weighted by molar-refractivity contribution is 7.10. The maximum absolute atomic E-state index is 12.5. The zero-order chi connectivity index (χ0) is 15.3. The van der Waals surface area contributed by atoms with Crippen molar-refractivity contribution in [1.29, 1.82) is 0 Å². The fourth-order valence-corrected chi connectivity index (χ4v) is 4.43. The van der Waals surface area contributed by atoms with Crippen LogP contribution in [0.4, 0.5) is 0 Å². The lowest BCUT2D eigenvalue weighted by Crippen LogP contribution is -3.14. The molecule has 1 aromatic heterocycles. The summed E-state index contributed by atoms with van der Waals surface area (Å²) in [5, 5.41) is 2.13. The fraction of sp³-hybridized carbons (Fsp3) is 0.294. The average molecular weight is 313 g/mol. The van der Waals surface area contributed by atoms with E-state index in [-0.39, 0.29) is 11.8 Å². The number of imide groups is 1. The maximum Gasteiger partial charge on any atom is 0.265 e. The Labute approximate surface area is 133 Å². The maximum atomic E-state index is 12.5. The van der Waals surface area contributed by atoms with Crippen molar-refractivity contribution in [2.45, 2.75) is 19.4 Å². The fourth-order valence-electron chi connectivity index (χ4n) is 3.45. The van der Waals surface area contributed by atoms with Crippen molar-refractivity contribution in [1.82, 2.24) is 4.90 Å². The second-order valence-electron chi connectivity index (χ2n) is 5.92. The Bertz CT molecular complexity index is 733. The van der Waals surface area contributed by atoms with Gasteiger partial charge in [0.2, 0.25) is 0 Å². The van der Waals surface area contributed by atoms with Crippen LogP contribution in [0.2, 0.25) is 0 Å². The lowest BCUT2D eigenvalue weighted by molar-refractivity contribution is -0.938. The molecule has 4 rings (SSSR count). The Hall–Kier alpha value is -1.98. The zero-order valence-corrected chi connectivity index (χ0v) is 13.2. The smallest absolute Gasteiger partial charge is 0.265 e. The minimum Gasteiger partial charge on any atom is -0.311 e. The molecule has 2 atom stereocenters. The van der Waals surface area contributed by atoms with Crippen molar-refractivity contribution in [3.63, 3.8) is 0 Å². The Balaban J connectivity index is 1.58. The number of carbonyl (C=O) groups is 2. The standard InChI is InChI=1S/C17H16N2O2S/c1-11-12-7-9-22-15(12)6-8-18(11)10-19-16(20)13-4-2-3-5-14(13)17(19)21/h2-5,7,9,11H,6,8,10H2,1H3/p+1/t11-/m1/s1. The van der Waals surface area contributed by atoms with Gasteiger partial charge in [0.05, 0.1) is 17.7 Å². The highest BCUT2D eigenvalue weighted by Gasteiger charge is 2.39. The van der Waals surface area contributed by atoms with E-state index in [1.807, 2.05) is 12.1 Å². The number of carbonyl (C=O) groups excluding carboxylic acids is 2. The van der Waals surface area contributed by atoms with Crippen LogP contribution in [0.25, 0.3) is 0 Å². The number of hydrogen-bond donors (Lipinski definition) is 1. The first-order valence-corrected chi connectivity index (χ1v) is 8.41. The topological polar surface area (TPSA) is 41.8 Å². The summed E-state index contributed by atoms with van der Waals surface area (Å²) < 4.78 is 0. The van der Waals surface area contributed by atoms with Crippen molar-refractivity contribution in [3.05, 3.63) is 57.3 Å². The predicted molar refractivity (Wildman–Crippen MR) is 84.1 cm³/mol. The summed E-state index contributed by atoms with van der Waals surface area (Å²) in [7, 11) is 0. The van der Waals surface area contributed by atoms with Gasteiger partial charge in [0.25, 0.3) is 11.8 Å². The molecule has 22 heavy (non-hydrogen) atoms. The summed E-state index contributed by atoms with van der Waals surface area (Å²) in [6, 6.07) is 9.58. The van der Waals surface area contributed by atoms with Gasteiger partial charge in [-0.2, -0.15) is 0 Å². The van der Waals surface area contributed by atoms with Gasteiger partial charge >= 0.3 is 0 Å². The lowest BCUT2D eigenvalue weighted by atomic mass is 10.0. The van der Waals surface area contributed by atoms with E-state index in [1.54, 1.807) is 23.5 Å². The Morgan fingerprint density at radius 2 is 1.86 bits per heavy atom. The number of hydrogen-bond acceptors (Lipinski definition) is 3. The number of nitrogens with one attached hydrogen (secondary N) is 1. The molecule has 0 spiro atoms. The van der Waals surface area contributed by atoms with Gasteiger partial charge in [0, 0.05) is 16.9 Å². The number of quaternary nitrogens is 1. The van der Waals surface area contributed by atoms with E-state index in [9.17, 15) is 9.59 Å². The molecule has 2 aromatic rings. The van der Waals surface area contributed by atoms with Gasteiger partial charge in [0.15, 0.2) is 6.67 Å². The highest BCUT2D eigenvalue weighted by atomic mass is 32.1. The molecule has 3 heterocycles. The van der Waals surface area contributed by atoms with Crippen LogP contribution in [0.15, 0.2) is 35.7 Å². The molecule has 5 heteroatoms. The van der Waals surface area contributed by atoms with Gasteiger partial charge in [0.1, 0.15) is 6.04 Å². The van der Waals surface area contributed by atoms with Crippen molar-refractivity contribution in [3.8, 4) is 0 Å². The number of thiophene rings is 1. The van der Waals surface area contributed by atoms with Crippen LogP contribution in [0, 0.1) is 0 Å². The Morgan fingerprint density at radius 1 is 1.18 bits per heavy atom. The third-order valence-corrected chi connectivity index (χ3v) is 5.77. The summed E-state index contributed by atoms with van der Waals surface area (Å²) in [5.74, 6) is -0.312. The van der Waals surface area contributed by atoms with Gasteiger partial charge < -0.3 is 4.90 Å². The first-order valence-electron chi connectivity index (χ1n) is 7.53. The largest absolute Gasteiger partial charge is 0.311 e. The predicted octanol–water partition coefficient (Wildman–Crippen LogP) is 1.50. The summed E-state index contributed by atoms with van der Waals surface area (Å²) in [6.07, 6.45) is 1.02. The molecule has 1 unspecified atom stereocenters. The van der Waals surface area contributed by atoms with Gasteiger partial charge in [-0.3, -0.25) is 9.59 Å². The molecule has 2 aliphatic heterocycles. The van der Waals surface area contributed by atoms with Crippen molar-refractivity contribution in [2.75, 3.05) is 13.2 Å². The summed E-state index contributed by atoms with van der Waals surface area (Å²) in [4.78, 5) is 29.1. The number of nitrogens with zero attached hydrogens (tertiary/aromatic N) is 1. The quantitative estimate of drug-likeness (QED) is 0.854. The number of benzene rings is 1. The van der Waals surface area contributed by atoms with Crippen LogP contribution in [0.3, 0.4) is 0 Å². The van der Waals surface area contributed by atoms with Gasteiger partial charge in [-0.15, -0.1) is 11.3 Å². The van der Waals surface area contributed by atoms with Crippen molar-refractivity contribution in [2.24, 2.45) is 0 Å². The minimum atomic E-state index is -0.156. The molecule has 0 radical (unpaired) electrons. The molecule has 112 valence electrons. The van der Waals surface area contributed by atoms with Gasteiger partial charge in [-0.25, -0.2) is 4.90 Å². The van der Waals surface area contributed by atoms with Crippen LogP contribution in [-0.4, -0.2) is 29.9 Å². The van der Waals surface area contributed by atoms with E-state index in [4.69, 9.17) is 0 Å². The Kier molecular flexibility index (Phi) is 3.13. The first-order chi connectivity index (χ1) is 10.7. The molecule has 1 aromatic carbocycles. The van der Waals surface area contributed by atoms with Crippen LogP contribution < -0.4 is 4.90 Å². The molecule has 2 aliphatic rings. The van der Waals surface area contributed by atoms with E-state index >= 15 is 0 Å². The SMILES string of the molecule is C[C@@H]1c2ccsc2CC[NH+]1CN1C(=O)c2ccccc2C1=O. The van der Waals surface area contributed by atoms with Gasteiger partial charge in [-0.05, 0) is 30.5 Å². The number of fused-ring (bicyclic) bond motifs is 2. The lowest BCUT2D eigenvalue weighted by Gasteiger charge is -2.32. The van der Waals surface area contributed by atoms with Gasteiger partial charge in [-0.1, -0.05) is 12.1 Å². The Morgan fingerprint density at radius 3 is 2.55 bits per heavy atom. The first kappa shape index (κ1) is 13.7. The van der Waals surface area contributed by atoms with E-state index in [0.717, 1.165) is 13.0 Å². The third kappa shape index (κ3) is 1.93. The van der Waals surface area contributed by atoms with Crippen LogP contribution in [0.5, 0.6) is 0 Å². The van der Waals surface area contributed by atoms with Crippen molar-refractivity contribution < 1.29 is 14.5 Å².